The van der Waals surface area contributed by atoms with Crippen LogP contribution in [0.4, 0.5) is 5.69 Å². The molecule has 0 saturated heterocycles. The van der Waals surface area contributed by atoms with Crippen LogP contribution in [0.2, 0.25) is 0 Å². The van der Waals surface area contributed by atoms with E-state index in [9.17, 15) is 9.59 Å². The van der Waals surface area contributed by atoms with Gasteiger partial charge in [-0.3, -0.25) is 9.59 Å². The van der Waals surface area contributed by atoms with Crippen LogP contribution < -0.4 is 10.6 Å². The molecule has 5 nitrogen and oxygen atoms in total. The van der Waals surface area contributed by atoms with Crippen molar-refractivity contribution >= 4 is 39.1 Å². The fourth-order valence-corrected chi connectivity index (χ4v) is 4.85. The third-order valence-electron chi connectivity index (χ3n) is 5.55. The molecule has 35 heavy (non-hydrogen) atoms. The maximum atomic E-state index is 12.4. The first kappa shape index (κ1) is 22.5. The minimum absolute atomic E-state index is 0.0998. The molecule has 0 saturated carbocycles. The molecule has 0 aliphatic carbocycles. The van der Waals surface area contributed by atoms with Crippen molar-refractivity contribution < 1.29 is 9.59 Å². The Morgan fingerprint density at radius 2 is 1.34 bits per heavy atom. The molecular formula is C29H23N3O2S. The van der Waals surface area contributed by atoms with Gasteiger partial charge in [-0.25, -0.2) is 4.98 Å². The number of carbonyl (C=O) groups excluding carboxylic acids is 2. The van der Waals surface area contributed by atoms with Crippen LogP contribution in [0.25, 0.3) is 32.5 Å². The Labute approximate surface area is 207 Å². The van der Waals surface area contributed by atoms with E-state index >= 15 is 0 Å². The summed E-state index contributed by atoms with van der Waals surface area (Å²) in [5.41, 5.74) is 5.90. The summed E-state index contributed by atoms with van der Waals surface area (Å²) in [6.45, 7) is -0.0998. The van der Waals surface area contributed by atoms with E-state index in [1.807, 2.05) is 84.9 Å². The normalized spacial score (nSPS) is 10.7. The number of fused-ring (bicyclic) bond motifs is 1. The summed E-state index contributed by atoms with van der Waals surface area (Å²) in [7, 11) is 0. The minimum Gasteiger partial charge on any atom is -0.347 e. The molecule has 2 N–H and O–H groups in total. The Hall–Kier alpha value is -4.29. The number of amides is 2. The van der Waals surface area contributed by atoms with Gasteiger partial charge in [0.05, 0.1) is 23.2 Å². The van der Waals surface area contributed by atoms with Gasteiger partial charge in [0.2, 0.25) is 11.8 Å². The molecular weight excluding hydrogens is 454 g/mol. The lowest BCUT2D eigenvalue weighted by Crippen LogP contribution is -2.33. The molecule has 0 aliphatic rings. The first-order chi connectivity index (χ1) is 17.1. The first-order valence-electron chi connectivity index (χ1n) is 11.3. The van der Waals surface area contributed by atoms with Gasteiger partial charge in [0, 0.05) is 5.69 Å². The van der Waals surface area contributed by atoms with Gasteiger partial charge in [-0.2, -0.15) is 0 Å². The Morgan fingerprint density at radius 3 is 2.06 bits per heavy atom. The van der Waals surface area contributed by atoms with E-state index in [0.29, 0.717) is 5.69 Å². The molecule has 0 unspecified atom stereocenters. The van der Waals surface area contributed by atoms with Crippen molar-refractivity contribution in [2.45, 2.75) is 6.42 Å². The Balaban J connectivity index is 1.17. The third kappa shape index (κ3) is 5.62. The zero-order valence-electron chi connectivity index (χ0n) is 18.9. The number of nitrogens with zero attached hydrogens (tertiary/aromatic N) is 1. The zero-order valence-corrected chi connectivity index (χ0v) is 19.7. The Morgan fingerprint density at radius 1 is 0.686 bits per heavy atom. The second-order valence-corrected chi connectivity index (χ2v) is 9.22. The summed E-state index contributed by atoms with van der Waals surface area (Å²) in [6, 6.07) is 33.9. The SMILES string of the molecule is O=C(Cc1nc2ccc(-c3ccccc3)cc2s1)NCC(=O)Nc1cccc(-c2ccccc2)c1. The maximum Gasteiger partial charge on any atom is 0.243 e. The number of hydrogen-bond acceptors (Lipinski definition) is 4. The Bertz CT molecular complexity index is 1480. The molecule has 2 amide bonds. The smallest absolute Gasteiger partial charge is 0.243 e. The lowest BCUT2D eigenvalue weighted by Gasteiger charge is -2.08. The molecule has 1 aromatic heterocycles. The second-order valence-electron chi connectivity index (χ2n) is 8.10. The predicted octanol–water partition coefficient (Wildman–Crippen LogP) is 5.93. The van der Waals surface area contributed by atoms with Crippen LogP contribution >= 0.6 is 11.3 Å². The molecule has 1 heterocycles. The van der Waals surface area contributed by atoms with Gasteiger partial charge >= 0.3 is 0 Å². The van der Waals surface area contributed by atoms with Crippen molar-refractivity contribution in [2.75, 3.05) is 11.9 Å². The summed E-state index contributed by atoms with van der Waals surface area (Å²) >= 11 is 1.50. The van der Waals surface area contributed by atoms with Crippen molar-refractivity contribution in [1.29, 1.82) is 0 Å². The highest BCUT2D eigenvalue weighted by molar-refractivity contribution is 7.18. The van der Waals surface area contributed by atoms with E-state index in [1.54, 1.807) is 0 Å². The molecule has 0 spiro atoms. The van der Waals surface area contributed by atoms with Gasteiger partial charge in [0.15, 0.2) is 0 Å². The number of benzene rings is 4. The molecule has 0 atom stereocenters. The first-order valence-corrected chi connectivity index (χ1v) is 12.1. The van der Waals surface area contributed by atoms with Crippen LogP contribution in [-0.2, 0) is 16.0 Å². The average molecular weight is 478 g/mol. The van der Waals surface area contributed by atoms with Crippen LogP contribution in [0.3, 0.4) is 0 Å². The molecule has 0 fully saturated rings. The van der Waals surface area contributed by atoms with E-state index in [1.165, 1.54) is 11.3 Å². The summed E-state index contributed by atoms with van der Waals surface area (Å²) in [5, 5.41) is 6.26. The van der Waals surface area contributed by atoms with E-state index in [2.05, 4.69) is 33.8 Å². The summed E-state index contributed by atoms with van der Waals surface area (Å²) < 4.78 is 1.03. The highest BCUT2D eigenvalue weighted by atomic mass is 32.1. The fourth-order valence-electron chi connectivity index (χ4n) is 3.85. The number of thiazole rings is 1. The lowest BCUT2D eigenvalue weighted by atomic mass is 10.1. The molecule has 5 rings (SSSR count). The van der Waals surface area contributed by atoms with Crippen LogP contribution in [-0.4, -0.2) is 23.3 Å². The van der Waals surface area contributed by atoms with Crippen molar-refractivity contribution in [1.82, 2.24) is 10.3 Å². The predicted molar refractivity (Wildman–Crippen MR) is 142 cm³/mol. The van der Waals surface area contributed by atoms with Gasteiger partial charge < -0.3 is 10.6 Å². The average Bonchev–Trinajstić information content (AvgIpc) is 3.30. The summed E-state index contributed by atoms with van der Waals surface area (Å²) in [5.74, 6) is -0.513. The topological polar surface area (TPSA) is 71.1 Å². The van der Waals surface area contributed by atoms with E-state index in [-0.39, 0.29) is 24.8 Å². The number of nitrogens with one attached hydrogen (secondary N) is 2. The summed E-state index contributed by atoms with van der Waals surface area (Å²) in [4.78, 5) is 29.4. The summed E-state index contributed by atoms with van der Waals surface area (Å²) in [6.07, 6.45) is 0.136. The quantitative estimate of drug-likeness (QED) is 0.305. The molecule has 5 aromatic rings. The number of anilines is 1. The molecule has 0 radical (unpaired) electrons. The lowest BCUT2D eigenvalue weighted by molar-refractivity contribution is -0.123. The monoisotopic (exact) mass is 477 g/mol. The van der Waals surface area contributed by atoms with Crippen LogP contribution in [0.5, 0.6) is 0 Å². The molecule has 0 aliphatic heterocycles. The molecule has 0 bridgehead atoms. The molecule has 4 aromatic carbocycles. The standard InChI is InChI=1S/C29H23N3O2S/c33-27(18-29-32-25-15-14-23(17-26(25)35-29)21-10-5-2-6-11-21)30-19-28(34)31-24-13-7-12-22(16-24)20-8-3-1-4-9-20/h1-17H,18-19H2,(H,30,33)(H,31,34). The van der Waals surface area contributed by atoms with Gasteiger partial charge in [0.1, 0.15) is 5.01 Å². The minimum atomic E-state index is -0.277. The van der Waals surface area contributed by atoms with Gasteiger partial charge in [-0.05, 0) is 46.5 Å². The van der Waals surface area contributed by atoms with Crippen LogP contribution in [0.1, 0.15) is 5.01 Å². The van der Waals surface area contributed by atoms with Gasteiger partial charge in [-0.15, -0.1) is 11.3 Å². The van der Waals surface area contributed by atoms with Crippen molar-refractivity contribution in [3.8, 4) is 22.3 Å². The second kappa shape index (κ2) is 10.3. The molecule has 172 valence electrons. The van der Waals surface area contributed by atoms with Crippen LogP contribution in [0, 0.1) is 0 Å². The fraction of sp³-hybridized carbons (Fsp3) is 0.0690. The zero-order chi connectivity index (χ0) is 24.0. The van der Waals surface area contributed by atoms with E-state index in [4.69, 9.17) is 0 Å². The van der Waals surface area contributed by atoms with E-state index in [0.717, 1.165) is 37.5 Å². The largest absolute Gasteiger partial charge is 0.347 e. The van der Waals surface area contributed by atoms with Gasteiger partial charge in [0.25, 0.3) is 0 Å². The van der Waals surface area contributed by atoms with Crippen molar-refractivity contribution in [2.24, 2.45) is 0 Å². The van der Waals surface area contributed by atoms with Crippen molar-refractivity contribution in [3.63, 3.8) is 0 Å². The Kier molecular flexibility index (Phi) is 6.63. The van der Waals surface area contributed by atoms with Crippen molar-refractivity contribution in [3.05, 3.63) is 108 Å². The number of carbonyl (C=O) groups is 2. The molecule has 6 heteroatoms. The number of rotatable bonds is 7. The highest BCUT2D eigenvalue weighted by Gasteiger charge is 2.12. The maximum absolute atomic E-state index is 12.4. The highest BCUT2D eigenvalue weighted by Crippen LogP contribution is 2.28. The number of hydrogen-bond donors (Lipinski definition) is 2. The van der Waals surface area contributed by atoms with Crippen LogP contribution in [0.15, 0.2) is 103 Å². The third-order valence-corrected chi connectivity index (χ3v) is 6.57. The van der Waals surface area contributed by atoms with E-state index < -0.39 is 0 Å². The number of aromatic nitrogens is 1. The van der Waals surface area contributed by atoms with Gasteiger partial charge in [-0.1, -0.05) is 78.9 Å².